The molecule has 1 aromatic carbocycles. The molecule has 1 amide bonds. The van der Waals surface area contributed by atoms with E-state index in [1.54, 1.807) is 26.4 Å². The summed E-state index contributed by atoms with van der Waals surface area (Å²) in [5, 5.41) is 0. The number of amides is 1. The molecule has 0 saturated heterocycles. The van der Waals surface area contributed by atoms with Crippen molar-refractivity contribution in [2.45, 2.75) is 44.8 Å². The molecule has 0 radical (unpaired) electrons. The molecule has 2 bridgehead atoms. The number of carbonyl (C=O) groups is 1. The van der Waals surface area contributed by atoms with Gasteiger partial charge in [-0.25, -0.2) is 4.39 Å². The van der Waals surface area contributed by atoms with Crippen LogP contribution >= 0.6 is 0 Å². The van der Waals surface area contributed by atoms with Gasteiger partial charge in [0.05, 0.1) is 18.3 Å². The van der Waals surface area contributed by atoms with Gasteiger partial charge in [0, 0.05) is 55.0 Å². The van der Waals surface area contributed by atoms with Crippen molar-refractivity contribution in [1.82, 2.24) is 9.88 Å². The summed E-state index contributed by atoms with van der Waals surface area (Å²) in [5.74, 6) is -0.289. The summed E-state index contributed by atoms with van der Waals surface area (Å²) < 4.78 is 20.8. The highest BCUT2D eigenvalue weighted by Gasteiger charge is 2.31. The summed E-state index contributed by atoms with van der Waals surface area (Å²) in [6.45, 7) is 2.21. The van der Waals surface area contributed by atoms with Crippen molar-refractivity contribution in [2.75, 3.05) is 20.6 Å². The van der Waals surface area contributed by atoms with E-state index >= 15 is 0 Å². The molecule has 2 aliphatic heterocycles. The number of hydrogen-bond donors (Lipinski definition) is 2. The van der Waals surface area contributed by atoms with Gasteiger partial charge in [-0.05, 0) is 62.1 Å². The lowest BCUT2D eigenvalue weighted by Crippen LogP contribution is -2.35. The highest BCUT2D eigenvalue weighted by Crippen LogP contribution is 2.36. The van der Waals surface area contributed by atoms with Crippen LogP contribution in [0.2, 0.25) is 0 Å². The third kappa shape index (κ3) is 4.92. The van der Waals surface area contributed by atoms with Crippen LogP contribution in [0.25, 0.3) is 11.3 Å². The van der Waals surface area contributed by atoms with Crippen LogP contribution in [0, 0.1) is 11.7 Å². The molecule has 1 fully saturated rings. The molecular formula is C29H33FN6O2. The topological polar surface area (TPSA) is 119 Å². The monoisotopic (exact) mass is 516 g/mol. The predicted octanol–water partition coefficient (Wildman–Crippen LogP) is 3.69. The van der Waals surface area contributed by atoms with E-state index in [-0.39, 0.29) is 35.2 Å². The Bertz CT molecular complexity index is 1390. The van der Waals surface area contributed by atoms with Gasteiger partial charge in [0.15, 0.2) is 11.6 Å². The van der Waals surface area contributed by atoms with Crippen molar-refractivity contribution < 1.29 is 13.9 Å². The SMILES string of the molecule is C[C@H]1OC2=CC(CN=C2N)C(=NC2CCC2)/C(=C(\N)C(=O)N(C)C)Cc2cccnc2-c2ccc(F)cc21. The lowest BCUT2D eigenvalue weighted by atomic mass is 9.85. The minimum atomic E-state index is -0.531. The third-order valence-corrected chi connectivity index (χ3v) is 7.35. The quantitative estimate of drug-likeness (QED) is 0.590. The van der Waals surface area contributed by atoms with E-state index in [0.29, 0.717) is 35.6 Å². The Morgan fingerprint density at radius 1 is 1.24 bits per heavy atom. The average molecular weight is 517 g/mol. The van der Waals surface area contributed by atoms with E-state index < -0.39 is 6.10 Å². The van der Waals surface area contributed by atoms with Crippen LogP contribution in [-0.4, -0.2) is 54.0 Å². The molecule has 8 nitrogen and oxygen atoms in total. The second kappa shape index (κ2) is 10.4. The Hall–Kier alpha value is -4.01. The first-order valence-electron chi connectivity index (χ1n) is 12.9. The average Bonchev–Trinajstić information content (AvgIpc) is 2.87. The Kier molecular flexibility index (Phi) is 7.01. The van der Waals surface area contributed by atoms with Crippen molar-refractivity contribution in [3.05, 3.63) is 76.6 Å². The number of amidine groups is 1. The number of aromatic nitrogens is 1. The minimum Gasteiger partial charge on any atom is -0.482 e. The van der Waals surface area contributed by atoms with E-state index in [0.717, 1.165) is 36.1 Å². The summed E-state index contributed by atoms with van der Waals surface area (Å²) >= 11 is 0. The maximum atomic E-state index is 14.5. The van der Waals surface area contributed by atoms with Gasteiger partial charge >= 0.3 is 0 Å². The van der Waals surface area contributed by atoms with Gasteiger partial charge in [0.25, 0.3) is 5.91 Å². The molecule has 1 aliphatic carbocycles. The smallest absolute Gasteiger partial charge is 0.269 e. The lowest BCUT2D eigenvalue weighted by Gasteiger charge is -2.30. The minimum absolute atomic E-state index is 0.131. The van der Waals surface area contributed by atoms with E-state index in [1.807, 2.05) is 25.1 Å². The zero-order valence-corrected chi connectivity index (χ0v) is 21.9. The number of hydrogen-bond acceptors (Lipinski definition) is 7. The number of aliphatic imine (C=N–C) groups is 2. The number of allylic oxidation sites excluding steroid dienone is 1. The van der Waals surface area contributed by atoms with Gasteiger partial charge in [0.1, 0.15) is 17.6 Å². The fraction of sp³-hybridized carbons (Fsp3) is 0.379. The summed E-state index contributed by atoms with van der Waals surface area (Å²) in [6.07, 6.45) is 6.49. The molecule has 38 heavy (non-hydrogen) atoms. The molecule has 1 aromatic heterocycles. The normalized spacial score (nSPS) is 23.8. The Balaban J connectivity index is 1.78. The molecule has 2 aromatic rings. The molecular weight excluding hydrogens is 483 g/mol. The van der Waals surface area contributed by atoms with Crippen LogP contribution in [0.4, 0.5) is 4.39 Å². The Morgan fingerprint density at radius 3 is 2.74 bits per heavy atom. The number of nitrogens with zero attached hydrogens (tertiary/aromatic N) is 4. The Morgan fingerprint density at radius 2 is 2.03 bits per heavy atom. The van der Waals surface area contributed by atoms with Gasteiger partial charge in [-0.2, -0.15) is 0 Å². The first-order valence-corrected chi connectivity index (χ1v) is 12.9. The van der Waals surface area contributed by atoms with Crippen LogP contribution in [0.5, 0.6) is 0 Å². The number of benzene rings is 1. The Labute approximate surface area is 222 Å². The third-order valence-electron chi connectivity index (χ3n) is 7.35. The van der Waals surface area contributed by atoms with Gasteiger partial charge in [0.2, 0.25) is 0 Å². The molecule has 0 spiro atoms. The number of likely N-dealkylation sites (N-methyl/N-ethyl adjacent to an activating group) is 1. The number of carbonyl (C=O) groups excluding carboxylic acids is 1. The van der Waals surface area contributed by atoms with Crippen LogP contribution in [-0.2, 0) is 16.0 Å². The largest absolute Gasteiger partial charge is 0.482 e. The number of ether oxygens (including phenoxy) is 1. The van der Waals surface area contributed by atoms with Gasteiger partial charge in [-0.3, -0.25) is 19.8 Å². The van der Waals surface area contributed by atoms with Crippen LogP contribution in [0.3, 0.4) is 0 Å². The summed E-state index contributed by atoms with van der Waals surface area (Å²) in [6, 6.07) is 8.54. The summed E-state index contributed by atoms with van der Waals surface area (Å²) in [5.41, 5.74) is 17.2. The standard InChI is InChI=1S/C29H33FN6O2/c1-16-22-14-19(30)9-10-21(22)26-17(6-5-11-33-26)12-23(25(31)29(37)36(2)3)27(35-20-7-4-8-20)18-13-24(38-16)28(32)34-15-18/h5-6,9-11,13-14,16,18,20H,4,7-8,12,15,31H2,1-3H3,(H2,32,34)/b25-23-,35-27?/t16-,18?/m1/s1. The molecule has 3 heterocycles. The van der Waals surface area contributed by atoms with Gasteiger partial charge in [-0.15, -0.1) is 0 Å². The van der Waals surface area contributed by atoms with Gasteiger partial charge in [-0.1, -0.05) is 6.07 Å². The molecule has 5 rings (SSSR count). The van der Waals surface area contributed by atoms with Crippen molar-refractivity contribution in [3.63, 3.8) is 0 Å². The number of pyridine rings is 1. The predicted molar refractivity (Wildman–Crippen MR) is 146 cm³/mol. The highest BCUT2D eigenvalue weighted by molar-refractivity contribution is 6.11. The molecule has 3 aliphatic rings. The summed E-state index contributed by atoms with van der Waals surface area (Å²) in [4.78, 5) is 29.0. The van der Waals surface area contributed by atoms with E-state index in [2.05, 4.69) is 9.98 Å². The fourth-order valence-electron chi connectivity index (χ4n) is 5.02. The van der Waals surface area contributed by atoms with Gasteiger partial charge < -0.3 is 21.1 Å². The van der Waals surface area contributed by atoms with Crippen molar-refractivity contribution in [3.8, 4) is 11.3 Å². The number of fused-ring (bicyclic) bond motifs is 4. The fourth-order valence-corrected chi connectivity index (χ4v) is 5.02. The molecule has 1 saturated carbocycles. The highest BCUT2D eigenvalue weighted by atomic mass is 19.1. The second-order valence-electron chi connectivity index (χ2n) is 10.2. The zero-order chi connectivity index (χ0) is 27.0. The van der Waals surface area contributed by atoms with Crippen molar-refractivity contribution in [1.29, 1.82) is 0 Å². The lowest BCUT2D eigenvalue weighted by molar-refractivity contribution is -0.124. The maximum absolute atomic E-state index is 14.5. The van der Waals surface area contributed by atoms with Crippen LogP contribution in [0.1, 0.15) is 43.4 Å². The second-order valence-corrected chi connectivity index (χ2v) is 10.2. The van der Waals surface area contributed by atoms with E-state index in [1.165, 1.54) is 17.0 Å². The summed E-state index contributed by atoms with van der Waals surface area (Å²) in [7, 11) is 3.35. The number of rotatable bonds is 2. The molecule has 4 N–H and O–H groups in total. The van der Waals surface area contributed by atoms with Crippen molar-refractivity contribution in [2.24, 2.45) is 27.4 Å². The van der Waals surface area contributed by atoms with Crippen molar-refractivity contribution >= 4 is 17.5 Å². The molecule has 9 heteroatoms. The van der Waals surface area contributed by atoms with E-state index in [9.17, 15) is 9.18 Å². The maximum Gasteiger partial charge on any atom is 0.269 e. The molecule has 2 atom stereocenters. The number of dihydropyridines is 1. The molecule has 1 unspecified atom stereocenters. The first-order chi connectivity index (χ1) is 18.2. The molecule has 198 valence electrons. The number of halogens is 1. The van der Waals surface area contributed by atoms with Crippen LogP contribution in [0.15, 0.2) is 69.6 Å². The van der Waals surface area contributed by atoms with E-state index in [4.69, 9.17) is 21.2 Å². The van der Waals surface area contributed by atoms with Crippen LogP contribution < -0.4 is 11.5 Å². The first kappa shape index (κ1) is 25.6. The zero-order valence-electron chi connectivity index (χ0n) is 21.9. The number of nitrogens with two attached hydrogens (primary N) is 2.